The van der Waals surface area contributed by atoms with E-state index < -0.39 is 23.3 Å². The van der Waals surface area contributed by atoms with Gasteiger partial charge in [0, 0.05) is 16.7 Å². The standard InChI is InChI=1S/C20H22O6/c1-11-7-12(2)16-15(8-11)20(19(23)26-16,9-13(3)17(21)24-5)10-14(4)18(22)25-6/h7-8H,3-4,9-10H2,1-2,5-6H3. The number of hydrogen-bond acceptors (Lipinski definition) is 6. The molecule has 0 saturated heterocycles. The molecule has 0 unspecified atom stereocenters. The van der Waals surface area contributed by atoms with Crippen molar-refractivity contribution in [2.45, 2.75) is 32.1 Å². The highest BCUT2D eigenvalue weighted by atomic mass is 16.5. The van der Waals surface area contributed by atoms with E-state index in [0.29, 0.717) is 11.3 Å². The van der Waals surface area contributed by atoms with Crippen LogP contribution in [-0.4, -0.2) is 32.1 Å². The monoisotopic (exact) mass is 358 g/mol. The van der Waals surface area contributed by atoms with Gasteiger partial charge >= 0.3 is 17.9 Å². The predicted molar refractivity (Wildman–Crippen MR) is 94.8 cm³/mol. The lowest BCUT2D eigenvalue weighted by atomic mass is 9.71. The van der Waals surface area contributed by atoms with Crippen LogP contribution in [0.1, 0.15) is 29.5 Å². The van der Waals surface area contributed by atoms with E-state index in [9.17, 15) is 14.4 Å². The second kappa shape index (κ2) is 7.15. The van der Waals surface area contributed by atoms with Crippen LogP contribution in [0.3, 0.4) is 0 Å². The summed E-state index contributed by atoms with van der Waals surface area (Å²) in [5.41, 5.74) is 1.25. The van der Waals surface area contributed by atoms with Gasteiger partial charge in [-0.3, -0.25) is 4.79 Å². The van der Waals surface area contributed by atoms with E-state index in [-0.39, 0.29) is 24.0 Å². The number of benzene rings is 1. The maximum absolute atomic E-state index is 12.9. The van der Waals surface area contributed by atoms with Crippen LogP contribution in [-0.2, 0) is 29.3 Å². The third-order valence-corrected chi connectivity index (χ3v) is 4.50. The molecule has 1 aromatic rings. The van der Waals surface area contributed by atoms with Crippen molar-refractivity contribution in [1.29, 1.82) is 0 Å². The molecule has 0 radical (unpaired) electrons. The van der Waals surface area contributed by atoms with Crippen LogP contribution >= 0.6 is 0 Å². The van der Waals surface area contributed by atoms with E-state index in [1.54, 1.807) is 0 Å². The lowest BCUT2D eigenvalue weighted by Crippen LogP contribution is -2.36. The molecule has 0 atom stereocenters. The van der Waals surface area contributed by atoms with Crippen LogP contribution in [0.2, 0.25) is 0 Å². The highest BCUT2D eigenvalue weighted by molar-refractivity contribution is 5.97. The number of esters is 3. The fourth-order valence-corrected chi connectivity index (χ4v) is 3.30. The van der Waals surface area contributed by atoms with Gasteiger partial charge in [-0.25, -0.2) is 9.59 Å². The van der Waals surface area contributed by atoms with E-state index >= 15 is 0 Å². The van der Waals surface area contributed by atoms with Gasteiger partial charge in [0.2, 0.25) is 0 Å². The molecule has 1 heterocycles. The highest BCUT2D eigenvalue weighted by Gasteiger charge is 2.51. The average molecular weight is 358 g/mol. The van der Waals surface area contributed by atoms with Crippen molar-refractivity contribution in [3.8, 4) is 5.75 Å². The molecule has 0 saturated carbocycles. The molecule has 6 nitrogen and oxygen atoms in total. The molecule has 6 heteroatoms. The van der Waals surface area contributed by atoms with Crippen molar-refractivity contribution in [1.82, 2.24) is 0 Å². The van der Waals surface area contributed by atoms with Gasteiger partial charge in [0.1, 0.15) is 11.2 Å². The van der Waals surface area contributed by atoms with Crippen LogP contribution in [0.5, 0.6) is 5.75 Å². The number of rotatable bonds is 6. The maximum atomic E-state index is 12.9. The normalized spacial score (nSPS) is 14.2. The van der Waals surface area contributed by atoms with Gasteiger partial charge in [-0.05, 0) is 32.3 Å². The van der Waals surface area contributed by atoms with Gasteiger partial charge in [-0.1, -0.05) is 30.9 Å². The third-order valence-electron chi connectivity index (χ3n) is 4.50. The zero-order valence-corrected chi connectivity index (χ0v) is 15.4. The molecular weight excluding hydrogens is 336 g/mol. The molecule has 1 aliphatic heterocycles. The Kier molecular flexibility index (Phi) is 5.35. The Labute approximate surface area is 152 Å². The Bertz CT molecular complexity index is 788. The zero-order chi connectivity index (χ0) is 19.6. The van der Waals surface area contributed by atoms with Crippen LogP contribution in [0.25, 0.3) is 0 Å². The molecule has 0 aliphatic carbocycles. The Morgan fingerprint density at radius 3 is 2.00 bits per heavy atom. The topological polar surface area (TPSA) is 78.9 Å². The van der Waals surface area contributed by atoms with Gasteiger partial charge < -0.3 is 14.2 Å². The van der Waals surface area contributed by atoms with Crippen molar-refractivity contribution in [2.75, 3.05) is 14.2 Å². The summed E-state index contributed by atoms with van der Waals surface area (Å²) in [6.45, 7) is 11.2. The van der Waals surface area contributed by atoms with Gasteiger partial charge in [0.25, 0.3) is 0 Å². The number of ether oxygens (including phenoxy) is 3. The molecule has 0 amide bonds. The smallest absolute Gasteiger partial charge is 0.333 e. The quantitative estimate of drug-likeness (QED) is 0.442. The lowest BCUT2D eigenvalue weighted by Gasteiger charge is -2.27. The third kappa shape index (κ3) is 3.27. The molecule has 2 rings (SSSR count). The summed E-state index contributed by atoms with van der Waals surface area (Å²) in [6.07, 6.45) is -0.102. The van der Waals surface area contributed by atoms with E-state index in [0.717, 1.165) is 11.1 Å². The van der Waals surface area contributed by atoms with Crippen molar-refractivity contribution < 1.29 is 28.6 Å². The van der Waals surface area contributed by atoms with Crippen molar-refractivity contribution in [2.24, 2.45) is 0 Å². The molecule has 1 aliphatic rings. The van der Waals surface area contributed by atoms with Crippen LogP contribution in [0, 0.1) is 13.8 Å². The van der Waals surface area contributed by atoms with Gasteiger partial charge in [0.15, 0.2) is 0 Å². The Balaban J connectivity index is 2.60. The number of fused-ring (bicyclic) bond motifs is 1. The molecule has 0 bridgehead atoms. The second-order valence-corrected chi connectivity index (χ2v) is 6.47. The molecule has 0 N–H and O–H groups in total. The fraction of sp³-hybridized carbons (Fsp3) is 0.350. The molecule has 138 valence electrons. The van der Waals surface area contributed by atoms with Crippen LogP contribution in [0.15, 0.2) is 36.4 Å². The van der Waals surface area contributed by atoms with Gasteiger partial charge in [-0.15, -0.1) is 0 Å². The predicted octanol–water partition coefficient (Wildman–Crippen LogP) is 2.70. The second-order valence-electron chi connectivity index (χ2n) is 6.47. The molecule has 0 aromatic heterocycles. The van der Waals surface area contributed by atoms with Gasteiger partial charge in [0.05, 0.1) is 14.2 Å². The first kappa shape index (κ1) is 19.4. The van der Waals surface area contributed by atoms with Crippen molar-refractivity contribution in [3.63, 3.8) is 0 Å². The Morgan fingerprint density at radius 1 is 1.04 bits per heavy atom. The van der Waals surface area contributed by atoms with E-state index in [2.05, 4.69) is 13.2 Å². The minimum Gasteiger partial charge on any atom is -0.466 e. The van der Waals surface area contributed by atoms with Crippen LogP contribution < -0.4 is 4.74 Å². The summed E-state index contributed by atoms with van der Waals surface area (Å²) in [7, 11) is 2.48. The zero-order valence-electron chi connectivity index (χ0n) is 15.4. The molecule has 26 heavy (non-hydrogen) atoms. The highest BCUT2D eigenvalue weighted by Crippen LogP contribution is 2.49. The number of carbonyl (C=O) groups is 3. The first-order chi connectivity index (χ1) is 12.2. The number of hydrogen-bond donors (Lipinski definition) is 0. The summed E-state index contributed by atoms with van der Waals surface area (Å²) < 4.78 is 14.9. The summed E-state index contributed by atoms with van der Waals surface area (Å²) in [5.74, 6) is -1.37. The van der Waals surface area contributed by atoms with E-state index in [4.69, 9.17) is 14.2 Å². The van der Waals surface area contributed by atoms with Crippen LogP contribution in [0.4, 0.5) is 0 Å². The minimum atomic E-state index is -1.29. The summed E-state index contributed by atoms with van der Waals surface area (Å²) in [4.78, 5) is 36.7. The Hall–Kier alpha value is -2.89. The largest absolute Gasteiger partial charge is 0.466 e. The van der Waals surface area contributed by atoms with Crippen molar-refractivity contribution >= 4 is 17.9 Å². The number of carbonyl (C=O) groups excluding carboxylic acids is 3. The maximum Gasteiger partial charge on any atom is 0.333 e. The molecule has 0 spiro atoms. The summed E-state index contributed by atoms with van der Waals surface area (Å²) in [5, 5.41) is 0. The summed E-state index contributed by atoms with van der Waals surface area (Å²) >= 11 is 0. The number of aryl methyl sites for hydroxylation is 2. The van der Waals surface area contributed by atoms with E-state index in [1.165, 1.54) is 14.2 Å². The SMILES string of the molecule is C=C(CC1(CC(=C)C(=O)OC)C(=O)Oc2c(C)cc(C)cc21)C(=O)OC. The first-order valence-corrected chi connectivity index (χ1v) is 8.02. The number of methoxy groups -OCH3 is 2. The molecular formula is C20H22O6. The van der Waals surface area contributed by atoms with Crippen molar-refractivity contribution in [3.05, 3.63) is 53.1 Å². The fourth-order valence-electron chi connectivity index (χ4n) is 3.30. The molecule has 0 fully saturated rings. The lowest BCUT2D eigenvalue weighted by molar-refractivity contribution is -0.139. The molecule has 1 aromatic carbocycles. The summed E-state index contributed by atoms with van der Waals surface area (Å²) in [6, 6.07) is 3.72. The first-order valence-electron chi connectivity index (χ1n) is 8.02. The Morgan fingerprint density at radius 2 is 1.54 bits per heavy atom. The minimum absolute atomic E-state index is 0.0512. The van der Waals surface area contributed by atoms with E-state index in [1.807, 2.05) is 26.0 Å². The van der Waals surface area contributed by atoms with Gasteiger partial charge in [-0.2, -0.15) is 0 Å². The average Bonchev–Trinajstić information content (AvgIpc) is 2.86.